The average Bonchev–Trinajstić information content (AvgIpc) is 3.33. The molecule has 5 nitrogen and oxygen atoms in total. The summed E-state index contributed by atoms with van der Waals surface area (Å²) in [4.78, 5) is 6.02. The van der Waals surface area contributed by atoms with Gasteiger partial charge in [0.15, 0.2) is 0 Å². The minimum absolute atomic E-state index is 0.435. The maximum Gasteiger partial charge on any atom is 0.119 e. The van der Waals surface area contributed by atoms with Crippen LogP contribution in [-0.4, -0.2) is 46.4 Å². The SMILES string of the molecule is COc1ccc2[nH]cc(C3CCN(CCc4cnn(C(C)C)c4)CC3)c2c1. The second-order valence-corrected chi connectivity index (χ2v) is 7.94. The van der Waals surface area contributed by atoms with Gasteiger partial charge in [0.25, 0.3) is 0 Å². The number of hydrogen-bond donors (Lipinski definition) is 1. The molecule has 1 aliphatic rings. The Morgan fingerprint density at radius 2 is 2.07 bits per heavy atom. The number of benzene rings is 1. The van der Waals surface area contributed by atoms with Gasteiger partial charge in [-0.2, -0.15) is 5.10 Å². The minimum Gasteiger partial charge on any atom is -0.497 e. The van der Waals surface area contributed by atoms with Crippen molar-refractivity contribution < 1.29 is 4.74 Å². The van der Waals surface area contributed by atoms with E-state index in [9.17, 15) is 0 Å². The Labute approximate surface area is 161 Å². The van der Waals surface area contributed by atoms with Crippen LogP contribution in [0.25, 0.3) is 10.9 Å². The highest BCUT2D eigenvalue weighted by Gasteiger charge is 2.23. The van der Waals surface area contributed by atoms with Gasteiger partial charge in [-0.3, -0.25) is 4.68 Å². The normalized spacial score (nSPS) is 16.4. The van der Waals surface area contributed by atoms with E-state index in [1.54, 1.807) is 7.11 Å². The van der Waals surface area contributed by atoms with Crippen LogP contribution in [0.15, 0.2) is 36.8 Å². The molecule has 5 heteroatoms. The monoisotopic (exact) mass is 366 g/mol. The van der Waals surface area contributed by atoms with E-state index in [1.165, 1.54) is 48.0 Å². The van der Waals surface area contributed by atoms with E-state index in [0.29, 0.717) is 12.0 Å². The van der Waals surface area contributed by atoms with Crippen LogP contribution in [0.3, 0.4) is 0 Å². The third-order valence-electron chi connectivity index (χ3n) is 5.85. The van der Waals surface area contributed by atoms with Gasteiger partial charge in [0.05, 0.1) is 13.3 Å². The maximum atomic E-state index is 5.41. The lowest BCUT2D eigenvalue weighted by Gasteiger charge is -2.31. The summed E-state index contributed by atoms with van der Waals surface area (Å²) in [5.74, 6) is 1.56. The third-order valence-corrected chi connectivity index (χ3v) is 5.85. The number of ether oxygens (including phenoxy) is 1. The molecule has 1 aromatic carbocycles. The first kappa shape index (κ1) is 18.1. The molecule has 144 valence electrons. The largest absolute Gasteiger partial charge is 0.497 e. The van der Waals surface area contributed by atoms with Gasteiger partial charge >= 0.3 is 0 Å². The Bertz CT molecular complexity index is 887. The van der Waals surface area contributed by atoms with Gasteiger partial charge in [0.1, 0.15) is 5.75 Å². The van der Waals surface area contributed by atoms with Crippen LogP contribution in [0.5, 0.6) is 5.75 Å². The lowest BCUT2D eigenvalue weighted by atomic mass is 9.89. The number of aromatic amines is 1. The van der Waals surface area contributed by atoms with Crippen molar-refractivity contribution in [2.45, 2.75) is 45.1 Å². The summed E-state index contributed by atoms with van der Waals surface area (Å²) in [5.41, 5.74) is 3.99. The molecule has 1 fully saturated rings. The lowest BCUT2D eigenvalue weighted by Crippen LogP contribution is -2.34. The number of H-pyrrole nitrogens is 1. The number of piperidine rings is 1. The molecule has 3 aromatic rings. The van der Waals surface area contributed by atoms with E-state index in [-0.39, 0.29) is 0 Å². The Balaban J connectivity index is 1.35. The molecule has 0 aliphatic carbocycles. The van der Waals surface area contributed by atoms with Crippen molar-refractivity contribution in [2.24, 2.45) is 0 Å². The van der Waals surface area contributed by atoms with Crippen molar-refractivity contribution >= 4 is 10.9 Å². The van der Waals surface area contributed by atoms with Gasteiger partial charge in [-0.25, -0.2) is 0 Å². The summed E-state index contributed by atoms with van der Waals surface area (Å²) < 4.78 is 7.46. The van der Waals surface area contributed by atoms with E-state index in [1.807, 2.05) is 16.9 Å². The molecule has 0 atom stereocenters. The Morgan fingerprint density at radius 1 is 1.26 bits per heavy atom. The van der Waals surface area contributed by atoms with Crippen LogP contribution < -0.4 is 4.74 Å². The second kappa shape index (κ2) is 7.77. The summed E-state index contributed by atoms with van der Waals surface area (Å²) in [6, 6.07) is 6.74. The van der Waals surface area contributed by atoms with E-state index in [4.69, 9.17) is 4.74 Å². The molecule has 0 spiro atoms. The van der Waals surface area contributed by atoms with Crippen LogP contribution in [-0.2, 0) is 6.42 Å². The molecule has 0 unspecified atom stereocenters. The summed E-state index contributed by atoms with van der Waals surface area (Å²) in [6.45, 7) is 7.79. The molecule has 0 saturated carbocycles. The zero-order valence-electron chi connectivity index (χ0n) is 16.6. The van der Waals surface area contributed by atoms with Crippen molar-refractivity contribution in [3.8, 4) is 5.75 Å². The molecule has 4 rings (SSSR count). The Morgan fingerprint density at radius 3 is 2.78 bits per heavy atom. The number of likely N-dealkylation sites (tertiary alicyclic amines) is 1. The number of nitrogens with one attached hydrogen (secondary N) is 1. The summed E-state index contributed by atoms with van der Waals surface area (Å²) in [5, 5.41) is 5.77. The number of aromatic nitrogens is 3. The second-order valence-electron chi connectivity index (χ2n) is 7.94. The fourth-order valence-electron chi connectivity index (χ4n) is 4.13. The first-order valence-electron chi connectivity index (χ1n) is 10.0. The fourth-order valence-corrected chi connectivity index (χ4v) is 4.13. The van der Waals surface area contributed by atoms with Gasteiger partial charge in [-0.15, -0.1) is 0 Å². The number of hydrogen-bond acceptors (Lipinski definition) is 3. The molecule has 0 bridgehead atoms. The molecular formula is C22H30N4O. The minimum atomic E-state index is 0.435. The molecule has 0 radical (unpaired) electrons. The highest BCUT2D eigenvalue weighted by atomic mass is 16.5. The van der Waals surface area contributed by atoms with Crippen LogP contribution in [0, 0.1) is 0 Å². The van der Waals surface area contributed by atoms with E-state index in [0.717, 1.165) is 18.7 Å². The number of nitrogens with zero attached hydrogens (tertiary/aromatic N) is 3. The van der Waals surface area contributed by atoms with Crippen LogP contribution >= 0.6 is 0 Å². The van der Waals surface area contributed by atoms with E-state index < -0.39 is 0 Å². The number of methoxy groups -OCH3 is 1. The fraction of sp³-hybridized carbons (Fsp3) is 0.500. The Kier molecular flexibility index (Phi) is 5.21. The molecule has 1 saturated heterocycles. The molecule has 0 amide bonds. The van der Waals surface area contributed by atoms with Gasteiger partial charge in [-0.1, -0.05) is 0 Å². The number of fused-ring (bicyclic) bond motifs is 1. The standard InChI is InChI=1S/C22H30N4O/c1-16(2)26-15-17(13-24-26)6-9-25-10-7-18(8-11-25)21-14-23-22-5-4-19(27-3)12-20(21)22/h4-5,12-16,18,23H,6-11H2,1-3H3. The topological polar surface area (TPSA) is 46.1 Å². The third kappa shape index (κ3) is 3.88. The molecule has 27 heavy (non-hydrogen) atoms. The van der Waals surface area contributed by atoms with Gasteiger partial charge in [0, 0.05) is 35.9 Å². The van der Waals surface area contributed by atoms with Crippen LogP contribution in [0.2, 0.25) is 0 Å². The smallest absolute Gasteiger partial charge is 0.119 e. The zero-order chi connectivity index (χ0) is 18.8. The van der Waals surface area contributed by atoms with E-state index >= 15 is 0 Å². The predicted octanol–water partition coefficient (Wildman–Crippen LogP) is 4.38. The van der Waals surface area contributed by atoms with Crippen molar-refractivity contribution in [1.82, 2.24) is 19.7 Å². The van der Waals surface area contributed by atoms with Gasteiger partial charge < -0.3 is 14.6 Å². The summed E-state index contributed by atoms with van der Waals surface area (Å²) in [7, 11) is 1.73. The Hall–Kier alpha value is -2.27. The number of rotatable bonds is 6. The molecule has 1 N–H and O–H groups in total. The molecule has 1 aliphatic heterocycles. The lowest BCUT2D eigenvalue weighted by molar-refractivity contribution is 0.215. The van der Waals surface area contributed by atoms with Crippen LogP contribution in [0.4, 0.5) is 0 Å². The van der Waals surface area contributed by atoms with Crippen molar-refractivity contribution in [3.63, 3.8) is 0 Å². The first-order valence-corrected chi connectivity index (χ1v) is 10.0. The highest BCUT2D eigenvalue weighted by molar-refractivity contribution is 5.85. The predicted molar refractivity (Wildman–Crippen MR) is 110 cm³/mol. The maximum absolute atomic E-state index is 5.41. The molecule has 2 aromatic heterocycles. The first-order chi connectivity index (χ1) is 13.1. The van der Waals surface area contributed by atoms with Crippen LogP contribution in [0.1, 0.15) is 49.8 Å². The zero-order valence-corrected chi connectivity index (χ0v) is 16.6. The quantitative estimate of drug-likeness (QED) is 0.704. The summed E-state index contributed by atoms with van der Waals surface area (Å²) >= 11 is 0. The van der Waals surface area contributed by atoms with Crippen molar-refractivity contribution in [1.29, 1.82) is 0 Å². The average molecular weight is 367 g/mol. The van der Waals surface area contributed by atoms with Gasteiger partial charge in [-0.05, 0) is 81.4 Å². The van der Waals surface area contributed by atoms with Crippen molar-refractivity contribution in [2.75, 3.05) is 26.7 Å². The summed E-state index contributed by atoms with van der Waals surface area (Å²) in [6.07, 6.45) is 9.93. The van der Waals surface area contributed by atoms with Crippen molar-refractivity contribution in [3.05, 3.63) is 47.9 Å². The molecular weight excluding hydrogens is 336 g/mol. The molecule has 3 heterocycles. The van der Waals surface area contributed by atoms with Gasteiger partial charge in [0.2, 0.25) is 0 Å². The van der Waals surface area contributed by atoms with E-state index in [2.05, 4.69) is 53.4 Å². The highest BCUT2D eigenvalue weighted by Crippen LogP contribution is 2.34.